The van der Waals surface area contributed by atoms with Crippen LogP contribution in [0.15, 0.2) is 42.7 Å². The Morgan fingerprint density at radius 1 is 1.17 bits per heavy atom. The van der Waals surface area contributed by atoms with Gasteiger partial charge in [0.25, 0.3) is 0 Å². The highest BCUT2D eigenvalue weighted by Crippen LogP contribution is 2.31. The van der Waals surface area contributed by atoms with Crippen LogP contribution in [0.2, 0.25) is 0 Å². The molecule has 18 heavy (non-hydrogen) atoms. The van der Waals surface area contributed by atoms with Crippen molar-refractivity contribution in [3.05, 3.63) is 53.9 Å². The summed E-state index contributed by atoms with van der Waals surface area (Å²) in [5, 5.41) is 7.68. The Morgan fingerprint density at radius 3 is 2.44 bits per heavy atom. The first-order valence-electron chi connectivity index (χ1n) is 6.48. The van der Waals surface area contributed by atoms with Gasteiger partial charge in [-0.05, 0) is 24.0 Å². The molecule has 0 atom stereocenters. The lowest BCUT2D eigenvalue weighted by molar-refractivity contribution is 0.166. The molecule has 1 N–H and O–H groups in total. The van der Waals surface area contributed by atoms with E-state index < -0.39 is 0 Å². The molecule has 0 unspecified atom stereocenters. The van der Waals surface area contributed by atoms with Gasteiger partial charge >= 0.3 is 0 Å². The minimum absolute atomic E-state index is 0.379. The number of rotatable bonds is 4. The normalized spacial score (nSPS) is 17.4. The molecule has 94 valence electrons. The Hall–Kier alpha value is -1.61. The fourth-order valence-corrected chi connectivity index (χ4v) is 2.82. The molecule has 3 rings (SSSR count). The lowest BCUT2D eigenvalue weighted by atomic mass is 9.72. The molecule has 1 aromatic heterocycles. The predicted octanol–water partition coefficient (Wildman–Crippen LogP) is 1.79. The smallest absolute Gasteiger partial charge is 0.0521 e. The van der Waals surface area contributed by atoms with Crippen molar-refractivity contribution in [2.75, 3.05) is 13.1 Å². The van der Waals surface area contributed by atoms with E-state index in [1.807, 2.05) is 17.9 Å². The Balaban J connectivity index is 1.74. The van der Waals surface area contributed by atoms with E-state index in [4.69, 9.17) is 0 Å². The second-order valence-electron chi connectivity index (χ2n) is 5.46. The number of nitrogens with zero attached hydrogens (tertiary/aromatic N) is 2. The molecule has 2 heterocycles. The molecule has 1 aliphatic heterocycles. The summed E-state index contributed by atoms with van der Waals surface area (Å²) in [4.78, 5) is 0. The van der Waals surface area contributed by atoms with Gasteiger partial charge in [-0.25, -0.2) is 0 Å². The topological polar surface area (TPSA) is 29.9 Å². The molecule has 3 heteroatoms. The van der Waals surface area contributed by atoms with Gasteiger partial charge in [-0.1, -0.05) is 30.3 Å². The van der Waals surface area contributed by atoms with Crippen molar-refractivity contribution < 1.29 is 0 Å². The summed E-state index contributed by atoms with van der Waals surface area (Å²) in [5.41, 5.74) is 3.16. The highest BCUT2D eigenvalue weighted by atomic mass is 15.2. The molecule has 3 nitrogen and oxygen atoms in total. The Bertz CT molecular complexity index is 512. The average Bonchev–Trinajstić information content (AvgIpc) is 2.73. The maximum atomic E-state index is 4.26. The molecule has 0 radical (unpaired) electrons. The van der Waals surface area contributed by atoms with Gasteiger partial charge in [0.1, 0.15) is 0 Å². The highest BCUT2D eigenvalue weighted by Gasteiger charge is 2.37. The van der Waals surface area contributed by atoms with E-state index >= 15 is 0 Å². The molecule has 1 aromatic carbocycles. The van der Waals surface area contributed by atoms with E-state index in [2.05, 4.69) is 46.9 Å². The lowest BCUT2D eigenvalue weighted by Gasteiger charge is -2.43. The Labute approximate surface area is 108 Å². The summed E-state index contributed by atoms with van der Waals surface area (Å²) in [6, 6.07) is 10.8. The quantitative estimate of drug-likeness (QED) is 0.884. The molecule has 1 aliphatic rings. The lowest BCUT2D eigenvalue weighted by Crippen LogP contribution is -2.55. The van der Waals surface area contributed by atoms with E-state index in [0.717, 1.165) is 25.9 Å². The van der Waals surface area contributed by atoms with E-state index in [0.29, 0.717) is 5.41 Å². The molecule has 0 bridgehead atoms. The molecule has 0 spiro atoms. The van der Waals surface area contributed by atoms with Crippen molar-refractivity contribution in [1.29, 1.82) is 0 Å². The van der Waals surface area contributed by atoms with Crippen molar-refractivity contribution in [1.82, 2.24) is 15.1 Å². The predicted molar refractivity (Wildman–Crippen MR) is 72.4 cm³/mol. The first-order chi connectivity index (χ1) is 8.76. The second kappa shape index (κ2) is 4.58. The van der Waals surface area contributed by atoms with Crippen LogP contribution in [0.25, 0.3) is 0 Å². The monoisotopic (exact) mass is 241 g/mol. The minimum atomic E-state index is 0.379. The summed E-state index contributed by atoms with van der Waals surface area (Å²) in [7, 11) is 1.98. The number of benzene rings is 1. The highest BCUT2D eigenvalue weighted by molar-refractivity contribution is 5.20. The average molecular weight is 241 g/mol. The number of aromatic nitrogens is 2. The van der Waals surface area contributed by atoms with Gasteiger partial charge in [0, 0.05) is 31.7 Å². The first kappa shape index (κ1) is 11.5. The summed E-state index contributed by atoms with van der Waals surface area (Å²) in [5.74, 6) is 0. The molecule has 1 fully saturated rings. The Morgan fingerprint density at radius 2 is 1.89 bits per heavy atom. The second-order valence-corrected chi connectivity index (χ2v) is 5.46. The van der Waals surface area contributed by atoms with Crippen LogP contribution in [0.4, 0.5) is 0 Å². The largest absolute Gasteiger partial charge is 0.315 e. The van der Waals surface area contributed by atoms with Crippen LogP contribution in [0.3, 0.4) is 0 Å². The zero-order valence-electron chi connectivity index (χ0n) is 10.8. The van der Waals surface area contributed by atoms with Gasteiger partial charge in [0.2, 0.25) is 0 Å². The molecule has 2 aromatic rings. The third-order valence-corrected chi connectivity index (χ3v) is 3.76. The van der Waals surface area contributed by atoms with Crippen molar-refractivity contribution in [3.8, 4) is 0 Å². The van der Waals surface area contributed by atoms with E-state index in [1.54, 1.807) is 0 Å². The third kappa shape index (κ3) is 2.31. The van der Waals surface area contributed by atoms with E-state index in [1.165, 1.54) is 11.1 Å². The maximum Gasteiger partial charge on any atom is 0.0521 e. The fourth-order valence-electron chi connectivity index (χ4n) is 2.82. The number of aryl methyl sites for hydroxylation is 1. The zero-order chi connectivity index (χ0) is 12.4. The SMILES string of the molecule is Cn1cc(CC2(Cc3ccccc3)CNC2)cn1. The van der Waals surface area contributed by atoms with E-state index in [9.17, 15) is 0 Å². The summed E-state index contributed by atoms with van der Waals surface area (Å²) in [6.07, 6.45) is 6.38. The summed E-state index contributed by atoms with van der Waals surface area (Å²) in [6.45, 7) is 2.22. The summed E-state index contributed by atoms with van der Waals surface area (Å²) >= 11 is 0. The number of hydrogen-bond donors (Lipinski definition) is 1. The van der Waals surface area contributed by atoms with Crippen molar-refractivity contribution >= 4 is 0 Å². The minimum Gasteiger partial charge on any atom is -0.315 e. The third-order valence-electron chi connectivity index (χ3n) is 3.76. The standard InChI is InChI=1S/C15H19N3/c1-18-10-14(9-17-18)8-15(11-16-12-15)7-13-5-3-2-4-6-13/h2-6,9-10,16H,7-8,11-12H2,1H3. The van der Waals surface area contributed by atoms with Gasteiger partial charge in [0.15, 0.2) is 0 Å². The molecule has 1 saturated heterocycles. The molecular formula is C15H19N3. The first-order valence-corrected chi connectivity index (χ1v) is 6.48. The molecule has 0 amide bonds. The number of hydrogen-bond acceptors (Lipinski definition) is 2. The van der Waals surface area contributed by atoms with Crippen LogP contribution in [-0.4, -0.2) is 22.9 Å². The summed E-state index contributed by atoms with van der Waals surface area (Å²) < 4.78 is 1.89. The van der Waals surface area contributed by atoms with Crippen LogP contribution < -0.4 is 5.32 Å². The maximum absolute atomic E-state index is 4.26. The van der Waals surface area contributed by atoms with Crippen LogP contribution in [-0.2, 0) is 19.9 Å². The van der Waals surface area contributed by atoms with E-state index in [-0.39, 0.29) is 0 Å². The van der Waals surface area contributed by atoms with Crippen molar-refractivity contribution in [2.45, 2.75) is 12.8 Å². The molecule has 0 aliphatic carbocycles. The van der Waals surface area contributed by atoms with Crippen LogP contribution in [0.1, 0.15) is 11.1 Å². The van der Waals surface area contributed by atoms with Gasteiger partial charge in [-0.2, -0.15) is 5.10 Å². The van der Waals surface area contributed by atoms with Gasteiger partial charge in [-0.3, -0.25) is 4.68 Å². The van der Waals surface area contributed by atoms with Crippen molar-refractivity contribution in [3.63, 3.8) is 0 Å². The van der Waals surface area contributed by atoms with Crippen LogP contribution in [0.5, 0.6) is 0 Å². The van der Waals surface area contributed by atoms with Crippen molar-refractivity contribution in [2.24, 2.45) is 12.5 Å². The zero-order valence-corrected chi connectivity index (χ0v) is 10.8. The fraction of sp³-hybridized carbons (Fsp3) is 0.400. The van der Waals surface area contributed by atoms with Crippen LogP contribution >= 0.6 is 0 Å². The van der Waals surface area contributed by atoms with Crippen LogP contribution in [0, 0.1) is 5.41 Å². The number of nitrogens with one attached hydrogen (secondary N) is 1. The molecular weight excluding hydrogens is 222 g/mol. The van der Waals surface area contributed by atoms with Gasteiger partial charge in [-0.15, -0.1) is 0 Å². The van der Waals surface area contributed by atoms with Gasteiger partial charge < -0.3 is 5.32 Å². The van der Waals surface area contributed by atoms with Gasteiger partial charge in [0.05, 0.1) is 6.20 Å². The molecule has 0 saturated carbocycles. The Kier molecular flexibility index (Phi) is 2.92.